The largest absolute Gasteiger partial charge is 0.359 e. The molecular formula is C52H45N3S. The molecule has 3 aromatic carbocycles. The van der Waals surface area contributed by atoms with Crippen molar-refractivity contribution in [3.63, 3.8) is 0 Å². The molecule has 56 heavy (non-hydrogen) atoms. The van der Waals surface area contributed by atoms with E-state index in [9.17, 15) is 0 Å². The Morgan fingerprint density at radius 3 is 2.39 bits per heavy atom. The number of benzene rings is 3. The highest BCUT2D eigenvalue weighted by Crippen LogP contribution is 2.44. The first-order chi connectivity index (χ1) is 27.8. The Labute approximate surface area is 333 Å². The van der Waals surface area contributed by atoms with Crippen molar-refractivity contribution in [2.24, 2.45) is 4.99 Å². The minimum atomic E-state index is -0.219. The molecule has 6 aliphatic rings. The van der Waals surface area contributed by atoms with Gasteiger partial charge in [-0.2, -0.15) is 0 Å². The zero-order valence-electron chi connectivity index (χ0n) is 31.7. The highest BCUT2D eigenvalue weighted by atomic mass is 32.1. The van der Waals surface area contributed by atoms with E-state index in [0.717, 1.165) is 63.5 Å². The number of nitrogens with one attached hydrogen (secondary N) is 1. The number of hydrogen-bond acceptors (Lipinski definition) is 3. The van der Waals surface area contributed by atoms with Gasteiger partial charge in [0.2, 0.25) is 0 Å². The normalized spacial score (nSPS) is 21.4. The standard InChI is InChI=1S/C52H45N3S/c1-5-15-34(16-6-1)49-50(35-17-7-2-8-18-35)53-52(54-51(49)36-19-9-3-10-20-36)39-26-29-46-43(33-39)42-31-37(25-28-45(42)55(46)40-21-11-4-12-22-40)38-27-30-48-44(32-38)41-23-13-14-24-47(41)56-48/h1-2,5-7,9,11,14-17,19-22,24-30,32-33,37,52-53H,3-4,8,10,12-13,18,23,31H2. The van der Waals surface area contributed by atoms with Crippen molar-refractivity contribution in [1.82, 2.24) is 9.88 Å². The van der Waals surface area contributed by atoms with Crippen LogP contribution in [0.5, 0.6) is 0 Å². The molecule has 0 saturated heterocycles. The summed E-state index contributed by atoms with van der Waals surface area (Å²) in [6, 6.07) is 25.3. The van der Waals surface area contributed by atoms with Crippen LogP contribution in [0, 0.1) is 0 Å². The van der Waals surface area contributed by atoms with Crippen LogP contribution in [-0.4, -0.2) is 10.3 Å². The van der Waals surface area contributed by atoms with Crippen LogP contribution in [0.15, 0.2) is 155 Å². The molecule has 0 radical (unpaired) electrons. The van der Waals surface area contributed by atoms with Gasteiger partial charge in [-0.25, -0.2) is 0 Å². The third-order valence-electron chi connectivity index (χ3n) is 12.4. The van der Waals surface area contributed by atoms with Crippen molar-refractivity contribution in [3.05, 3.63) is 189 Å². The summed E-state index contributed by atoms with van der Waals surface area (Å²) in [6.07, 6.45) is 39.7. The van der Waals surface area contributed by atoms with Gasteiger partial charge < -0.3 is 9.88 Å². The quantitative estimate of drug-likeness (QED) is 0.184. The maximum atomic E-state index is 5.65. The summed E-state index contributed by atoms with van der Waals surface area (Å²) in [7, 11) is 0. The van der Waals surface area contributed by atoms with Crippen LogP contribution in [0.25, 0.3) is 44.4 Å². The Morgan fingerprint density at radius 2 is 1.55 bits per heavy atom. The highest BCUT2D eigenvalue weighted by Gasteiger charge is 2.31. The number of aryl methyl sites for hydroxylation is 1. The number of nitrogens with zero attached hydrogens (tertiary/aromatic N) is 2. The Balaban J connectivity index is 1.05. The predicted molar refractivity (Wildman–Crippen MR) is 239 cm³/mol. The maximum Gasteiger partial charge on any atom is 0.145 e. The lowest BCUT2D eigenvalue weighted by Crippen LogP contribution is -2.30. The fraction of sp³-hybridized carbons (Fsp3) is 0.212. The van der Waals surface area contributed by atoms with Crippen LogP contribution < -0.4 is 5.32 Å². The Hall–Kier alpha value is -5.71. The van der Waals surface area contributed by atoms with Crippen LogP contribution in [0.3, 0.4) is 0 Å². The Bertz CT molecular complexity index is 2750. The molecule has 2 aromatic heterocycles. The second kappa shape index (κ2) is 14.1. The van der Waals surface area contributed by atoms with Crippen LogP contribution in [0.1, 0.15) is 95.4 Å². The lowest BCUT2D eigenvalue weighted by atomic mass is 9.85. The molecule has 1 aliphatic heterocycles. The molecule has 0 amide bonds. The van der Waals surface area contributed by atoms with Crippen molar-refractivity contribution in [2.75, 3.05) is 0 Å². The highest BCUT2D eigenvalue weighted by molar-refractivity contribution is 7.20. The molecule has 5 aliphatic carbocycles. The van der Waals surface area contributed by atoms with E-state index in [1.165, 1.54) is 87.5 Å². The molecule has 11 rings (SSSR count). The lowest BCUT2D eigenvalue weighted by Gasteiger charge is -2.31. The molecule has 3 nitrogen and oxygen atoms in total. The van der Waals surface area contributed by atoms with E-state index in [-0.39, 0.29) is 6.17 Å². The molecule has 0 saturated carbocycles. The first-order valence-corrected chi connectivity index (χ1v) is 21.4. The number of hydrogen-bond donors (Lipinski definition) is 1. The summed E-state index contributed by atoms with van der Waals surface area (Å²) in [5.41, 5.74) is 16.7. The molecule has 3 heterocycles. The number of allylic oxidation sites excluding steroid dienone is 15. The van der Waals surface area contributed by atoms with Crippen LogP contribution in [0.2, 0.25) is 0 Å². The summed E-state index contributed by atoms with van der Waals surface area (Å²) in [4.78, 5) is 7.09. The van der Waals surface area contributed by atoms with E-state index >= 15 is 0 Å². The zero-order chi connectivity index (χ0) is 37.0. The van der Waals surface area contributed by atoms with E-state index in [1.807, 2.05) is 11.3 Å². The van der Waals surface area contributed by atoms with Gasteiger partial charge >= 0.3 is 0 Å². The van der Waals surface area contributed by atoms with Crippen LogP contribution >= 0.6 is 11.3 Å². The van der Waals surface area contributed by atoms with Gasteiger partial charge in [0.15, 0.2) is 0 Å². The topological polar surface area (TPSA) is 29.3 Å². The molecular weight excluding hydrogens is 699 g/mol. The molecule has 0 spiro atoms. The van der Waals surface area contributed by atoms with Gasteiger partial charge in [0.1, 0.15) is 6.17 Å². The number of fused-ring (bicyclic) bond motifs is 6. The number of aliphatic imine (C=N–C) groups is 1. The molecule has 4 heteroatoms. The first-order valence-electron chi connectivity index (χ1n) is 20.6. The van der Waals surface area contributed by atoms with Crippen LogP contribution in [0.4, 0.5) is 0 Å². The predicted octanol–water partition coefficient (Wildman–Crippen LogP) is 13.4. The second-order valence-electron chi connectivity index (χ2n) is 15.8. The van der Waals surface area contributed by atoms with Gasteiger partial charge in [-0.3, -0.25) is 4.99 Å². The van der Waals surface area contributed by atoms with E-state index in [1.54, 1.807) is 0 Å². The van der Waals surface area contributed by atoms with Gasteiger partial charge in [0.05, 0.1) is 11.2 Å². The van der Waals surface area contributed by atoms with Crippen molar-refractivity contribution in [1.29, 1.82) is 0 Å². The number of aromatic nitrogens is 1. The van der Waals surface area contributed by atoms with E-state index in [4.69, 9.17) is 4.99 Å². The van der Waals surface area contributed by atoms with Crippen LogP contribution in [-0.2, 0) is 12.8 Å². The summed E-state index contributed by atoms with van der Waals surface area (Å²) in [5, 5.41) is 6.83. The van der Waals surface area contributed by atoms with E-state index < -0.39 is 0 Å². The molecule has 2 atom stereocenters. The summed E-state index contributed by atoms with van der Waals surface area (Å²) in [6.45, 7) is 0. The molecule has 1 N–H and O–H groups in total. The Kier molecular flexibility index (Phi) is 8.46. The van der Waals surface area contributed by atoms with Gasteiger partial charge in [0, 0.05) is 43.5 Å². The lowest BCUT2D eigenvalue weighted by molar-refractivity contribution is 0.622. The third kappa shape index (κ3) is 5.81. The number of thiophene rings is 1. The fourth-order valence-corrected chi connectivity index (χ4v) is 10.8. The third-order valence-corrected chi connectivity index (χ3v) is 13.6. The zero-order valence-corrected chi connectivity index (χ0v) is 32.5. The van der Waals surface area contributed by atoms with Gasteiger partial charge in [0.25, 0.3) is 0 Å². The second-order valence-corrected chi connectivity index (χ2v) is 16.9. The monoisotopic (exact) mass is 743 g/mol. The van der Waals surface area contributed by atoms with Crippen molar-refractivity contribution < 1.29 is 0 Å². The van der Waals surface area contributed by atoms with E-state index in [2.05, 4.69) is 156 Å². The van der Waals surface area contributed by atoms with Gasteiger partial charge in [-0.15, -0.1) is 11.3 Å². The minimum Gasteiger partial charge on any atom is -0.359 e. The molecule has 5 aromatic rings. The van der Waals surface area contributed by atoms with Crippen molar-refractivity contribution >= 4 is 61.5 Å². The fourth-order valence-electron chi connectivity index (χ4n) is 9.62. The summed E-state index contributed by atoms with van der Waals surface area (Å²) in [5.74, 6) is 0.317. The number of rotatable bonds is 6. The van der Waals surface area contributed by atoms with Gasteiger partial charge in [-0.05, 0) is 145 Å². The first kappa shape index (κ1) is 33.6. The molecule has 274 valence electrons. The smallest absolute Gasteiger partial charge is 0.145 e. The SMILES string of the molecule is C1=CCCC(C2=C(c3ccccc3)C(C3=CCCC=C3)=NC(c3ccc4c(c3)c3c(n4C4=CCCC=C4)C=CC(c4ccc5sc6c(c5c4)CCC=C6)C3)N2)=C1. The van der Waals surface area contributed by atoms with Gasteiger partial charge in [-0.1, -0.05) is 103 Å². The minimum absolute atomic E-state index is 0.219. The molecule has 2 unspecified atom stereocenters. The average Bonchev–Trinajstić information content (AvgIpc) is 3.82. The average molecular weight is 744 g/mol. The molecule has 0 fully saturated rings. The summed E-state index contributed by atoms with van der Waals surface area (Å²) < 4.78 is 3.92. The Morgan fingerprint density at radius 1 is 0.714 bits per heavy atom. The van der Waals surface area contributed by atoms with Crippen molar-refractivity contribution in [3.8, 4) is 0 Å². The van der Waals surface area contributed by atoms with E-state index in [0.29, 0.717) is 5.92 Å². The van der Waals surface area contributed by atoms with Crippen molar-refractivity contribution in [2.45, 2.75) is 69.9 Å². The summed E-state index contributed by atoms with van der Waals surface area (Å²) >= 11 is 1.94. The molecule has 0 bridgehead atoms. The maximum absolute atomic E-state index is 5.65.